The predicted octanol–water partition coefficient (Wildman–Crippen LogP) is 6.34. The van der Waals surface area contributed by atoms with Crippen molar-refractivity contribution in [2.24, 2.45) is 0 Å². The minimum absolute atomic E-state index is 0.241. The molecule has 39 heavy (non-hydrogen) atoms. The van der Waals surface area contributed by atoms with Crippen LogP contribution in [0.4, 0.5) is 7.77 Å². The molecule has 0 aliphatic carbocycles. The van der Waals surface area contributed by atoms with Crippen molar-refractivity contribution in [3.63, 3.8) is 0 Å². The molecule has 0 aliphatic rings. The minimum atomic E-state index is -5.19. The van der Waals surface area contributed by atoms with Crippen molar-refractivity contribution in [1.82, 2.24) is 0 Å². The van der Waals surface area contributed by atoms with E-state index in [1.807, 2.05) is 54.6 Å². The van der Waals surface area contributed by atoms with E-state index in [0.717, 1.165) is 21.5 Å². The van der Waals surface area contributed by atoms with Crippen LogP contribution in [0.15, 0.2) is 103 Å². The topological polar surface area (TPSA) is 105 Å². The van der Waals surface area contributed by atoms with E-state index in [1.165, 1.54) is 48.5 Å². The SMILES string of the molecule is O=S(=O)(F)Oc1ccc(OC(Oc2ccc(OS(=O)(=O)F)cc2)c2ccc3ccc4ccccc4c3c2)cc1. The number of hydrogen-bond acceptors (Lipinski definition) is 8. The highest BCUT2D eigenvalue weighted by atomic mass is 32.3. The lowest BCUT2D eigenvalue weighted by molar-refractivity contribution is 0.00386. The van der Waals surface area contributed by atoms with Gasteiger partial charge in [-0.3, -0.25) is 0 Å². The van der Waals surface area contributed by atoms with Crippen LogP contribution in [-0.2, 0) is 21.0 Å². The maximum absolute atomic E-state index is 12.8. The molecule has 0 aliphatic heterocycles. The van der Waals surface area contributed by atoms with Crippen LogP contribution in [0, 0.1) is 0 Å². The summed E-state index contributed by atoms with van der Waals surface area (Å²) in [7, 11) is -10.4. The first-order chi connectivity index (χ1) is 18.5. The Hall–Kier alpha value is -4.42. The summed E-state index contributed by atoms with van der Waals surface area (Å²) in [6, 6.07) is 27.8. The second-order valence-electron chi connectivity index (χ2n) is 8.23. The molecule has 0 saturated heterocycles. The van der Waals surface area contributed by atoms with Crippen molar-refractivity contribution in [3.8, 4) is 23.0 Å². The first kappa shape index (κ1) is 26.2. The summed E-state index contributed by atoms with van der Waals surface area (Å²) in [5.41, 5.74) is 0.608. The van der Waals surface area contributed by atoms with Gasteiger partial charge in [0.2, 0.25) is 0 Å². The zero-order valence-electron chi connectivity index (χ0n) is 19.7. The van der Waals surface area contributed by atoms with Crippen LogP contribution in [0.1, 0.15) is 11.9 Å². The number of halogens is 2. The highest BCUT2D eigenvalue weighted by Gasteiger charge is 2.19. The Morgan fingerprint density at radius 3 is 1.46 bits per heavy atom. The zero-order chi connectivity index (χ0) is 27.6. The summed E-state index contributed by atoms with van der Waals surface area (Å²) in [5, 5.41) is 3.98. The zero-order valence-corrected chi connectivity index (χ0v) is 21.4. The quantitative estimate of drug-likeness (QED) is 0.115. The van der Waals surface area contributed by atoms with E-state index in [4.69, 9.17) is 9.47 Å². The molecule has 0 fully saturated rings. The van der Waals surface area contributed by atoms with Crippen molar-refractivity contribution < 1.29 is 42.4 Å². The van der Waals surface area contributed by atoms with Crippen LogP contribution in [0.3, 0.4) is 0 Å². The fraction of sp³-hybridized carbons (Fsp3) is 0.0370. The lowest BCUT2D eigenvalue weighted by atomic mass is 10.00. The maximum Gasteiger partial charge on any atom is 0.488 e. The van der Waals surface area contributed by atoms with E-state index >= 15 is 0 Å². The Kier molecular flexibility index (Phi) is 6.98. The van der Waals surface area contributed by atoms with Crippen molar-refractivity contribution in [2.75, 3.05) is 0 Å². The van der Waals surface area contributed by atoms with Gasteiger partial charge in [-0.1, -0.05) is 56.3 Å². The van der Waals surface area contributed by atoms with E-state index in [-0.39, 0.29) is 23.0 Å². The molecule has 12 heteroatoms. The van der Waals surface area contributed by atoms with E-state index in [2.05, 4.69) is 8.37 Å². The maximum atomic E-state index is 12.8. The van der Waals surface area contributed by atoms with Crippen molar-refractivity contribution in [1.29, 1.82) is 0 Å². The third kappa shape index (κ3) is 6.72. The number of hydrogen-bond donors (Lipinski definition) is 0. The van der Waals surface area contributed by atoms with Gasteiger partial charge in [0.25, 0.3) is 6.29 Å². The molecule has 8 nitrogen and oxygen atoms in total. The summed E-state index contributed by atoms with van der Waals surface area (Å²) < 4.78 is 89.2. The monoisotopic (exact) mass is 572 g/mol. The molecule has 0 heterocycles. The molecule has 5 rings (SSSR count). The first-order valence-electron chi connectivity index (χ1n) is 11.3. The Balaban J connectivity index is 1.50. The minimum Gasteiger partial charge on any atom is -0.451 e. The Labute approximate surface area is 222 Å². The van der Waals surface area contributed by atoms with Crippen molar-refractivity contribution >= 4 is 42.6 Å². The molecule has 5 aromatic rings. The number of benzene rings is 5. The number of ether oxygens (including phenoxy) is 2. The smallest absolute Gasteiger partial charge is 0.451 e. The second kappa shape index (κ2) is 10.4. The largest absolute Gasteiger partial charge is 0.488 e. The lowest BCUT2D eigenvalue weighted by Gasteiger charge is -2.22. The van der Waals surface area contributed by atoms with Crippen LogP contribution in [0.2, 0.25) is 0 Å². The highest BCUT2D eigenvalue weighted by Crippen LogP contribution is 2.32. The van der Waals surface area contributed by atoms with E-state index in [0.29, 0.717) is 5.56 Å². The number of fused-ring (bicyclic) bond motifs is 3. The average molecular weight is 573 g/mol. The molecule has 200 valence electrons. The van der Waals surface area contributed by atoms with E-state index in [9.17, 15) is 24.6 Å². The van der Waals surface area contributed by atoms with Crippen LogP contribution in [-0.4, -0.2) is 16.8 Å². The van der Waals surface area contributed by atoms with Crippen molar-refractivity contribution in [3.05, 3.63) is 109 Å². The van der Waals surface area contributed by atoms with Gasteiger partial charge in [0.15, 0.2) is 0 Å². The Bertz CT molecular complexity index is 1780. The molecule has 0 bridgehead atoms. The number of rotatable bonds is 9. The van der Waals surface area contributed by atoms with Crippen LogP contribution in [0.25, 0.3) is 21.5 Å². The predicted molar refractivity (Wildman–Crippen MR) is 140 cm³/mol. The van der Waals surface area contributed by atoms with Gasteiger partial charge in [-0.15, -0.1) is 0 Å². The Morgan fingerprint density at radius 1 is 0.513 bits per heavy atom. The van der Waals surface area contributed by atoms with Gasteiger partial charge in [-0.25, -0.2) is 0 Å². The second-order valence-corrected chi connectivity index (χ2v) is 10.1. The summed E-state index contributed by atoms with van der Waals surface area (Å²) in [5.74, 6) is -0.0222. The molecule has 0 aromatic heterocycles. The molecular formula is C27H18F2O8S2. The van der Waals surface area contributed by atoms with Gasteiger partial charge in [-0.05, 0) is 76.1 Å². The summed E-state index contributed by atoms with van der Waals surface area (Å²) in [6.45, 7) is 0. The van der Waals surface area contributed by atoms with Crippen LogP contribution in [0.5, 0.6) is 23.0 Å². The molecule has 0 saturated carbocycles. The van der Waals surface area contributed by atoms with Gasteiger partial charge in [0.1, 0.15) is 23.0 Å². The molecule has 0 amide bonds. The standard InChI is InChI=1S/C27H18F2O8S2/c28-38(30,31)36-23-13-9-21(10-14-23)34-27(35-22-11-15-24(16-12-22)37-39(29,32)33)20-8-7-19-6-5-18-3-1-2-4-25(18)26(19)17-20/h1-17,27H. The molecule has 0 N–H and O–H groups in total. The van der Waals surface area contributed by atoms with E-state index < -0.39 is 27.3 Å². The van der Waals surface area contributed by atoms with Crippen LogP contribution >= 0.6 is 0 Å². The Morgan fingerprint density at radius 2 is 0.949 bits per heavy atom. The summed E-state index contributed by atoms with van der Waals surface area (Å²) in [6.07, 6.45) is -1.05. The van der Waals surface area contributed by atoms with Crippen LogP contribution < -0.4 is 17.8 Å². The molecular weight excluding hydrogens is 554 g/mol. The van der Waals surface area contributed by atoms with E-state index in [1.54, 1.807) is 0 Å². The first-order valence-corrected chi connectivity index (χ1v) is 13.9. The molecule has 5 aromatic carbocycles. The van der Waals surface area contributed by atoms with Gasteiger partial charge in [-0.2, -0.15) is 16.8 Å². The third-order valence-corrected chi connectivity index (χ3v) is 6.35. The van der Waals surface area contributed by atoms with Gasteiger partial charge in [0, 0.05) is 5.56 Å². The molecule has 0 radical (unpaired) electrons. The lowest BCUT2D eigenvalue weighted by Crippen LogP contribution is -2.15. The normalized spacial score (nSPS) is 12.0. The fourth-order valence-corrected chi connectivity index (χ4v) is 4.63. The molecule has 0 unspecified atom stereocenters. The highest BCUT2D eigenvalue weighted by molar-refractivity contribution is 7.82. The molecule has 0 spiro atoms. The van der Waals surface area contributed by atoms with Gasteiger partial charge < -0.3 is 17.8 Å². The summed E-state index contributed by atoms with van der Waals surface area (Å²) in [4.78, 5) is 0. The molecule has 0 atom stereocenters. The fourth-order valence-electron chi connectivity index (χ4n) is 3.95. The van der Waals surface area contributed by atoms with Crippen molar-refractivity contribution in [2.45, 2.75) is 6.29 Å². The summed E-state index contributed by atoms with van der Waals surface area (Å²) >= 11 is 0. The van der Waals surface area contributed by atoms with Gasteiger partial charge in [0.05, 0.1) is 0 Å². The third-order valence-electron chi connectivity index (χ3n) is 5.57. The van der Waals surface area contributed by atoms with Gasteiger partial charge >= 0.3 is 21.0 Å². The average Bonchev–Trinajstić information content (AvgIpc) is 2.88.